The van der Waals surface area contributed by atoms with Gasteiger partial charge in [-0.1, -0.05) is 11.6 Å². The molecule has 0 radical (unpaired) electrons. The molecule has 0 saturated heterocycles. The number of rotatable bonds is 3. The number of nitrogens with one attached hydrogen (secondary N) is 1. The molecule has 2 rings (SSSR count). The second-order valence-electron chi connectivity index (χ2n) is 4.36. The highest BCUT2D eigenvalue weighted by atomic mass is 79.9. The largest absolute Gasteiger partial charge is 0.397 e. The summed E-state index contributed by atoms with van der Waals surface area (Å²) in [7, 11) is 0. The summed E-state index contributed by atoms with van der Waals surface area (Å²) < 4.78 is 1.53. The van der Waals surface area contributed by atoms with Crippen molar-refractivity contribution in [1.82, 2.24) is 9.55 Å². The smallest absolute Gasteiger partial charge is 0.268 e. The third kappa shape index (κ3) is 3.62. The summed E-state index contributed by atoms with van der Waals surface area (Å²) in [6, 6.07) is 4.76. The Morgan fingerprint density at radius 1 is 1.52 bits per heavy atom. The molecule has 0 fully saturated rings. The van der Waals surface area contributed by atoms with E-state index in [9.17, 15) is 9.59 Å². The Bertz CT molecular complexity index is 760. The monoisotopic (exact) mass is 370 g/mol. The van der Waals surface area contributed by atoms with Crippen molar-refractivity contribution in [2.75, 3.05) is 11.1 Å². The normalized spacial score (nSPS) is 10.4. The van der Waals surface area contributed by atoms with Crippen LogP contribution in [0.5, 0.6) is 0 Å². The first-order chi connectivity index (χ1) is 9.88. The number of nitrogens with zero attached hydrogens (tertiary/aromatic N) is 2. The van der Waals surface area contributed by atoms with E-state index in [0.717, 1.165) is 0 Å². The number of hydrogen-bond acceptors (Lipinski definition) is 4. The minimum atomic E-state index is -0.399. The van der Waals surface area contributed by atoms with Crippen molar-refractivity contribution in [3.8, 4) is 0 Å². The minimum absolute atomic E-state index is 0.170. The number of nitrogens with two attached hydrogens (primary N) is 1. The fraction of sp³-hybridized carbons (Fsp3) is 0.154. The predicted octanol–water partition coefficient (Wildman–Crippen LogP) is 2.19. The van der Waals surface area contributed by atoms with Crippen LogP contribution in [0.4, 0.5) is 11.4 Å². The van der Waals surface area contributed by atoms with Gasteiger partial charge in [-0.25, -0.2) is 4.98 Å². The maximum absolute atomic E-state index is 12.0. The van der Waals surface area contributed by atoms with Gasteiger partial charge in [0.2, 0.25) is 5.91 Å². The number of amides is 1. The standard InChI is InChI=1S/C13H12BrClN4O2/c1-7-12(14)13(21)19(6-17-7)5-11(20)18-10-4-8(15)2-3-9(10)16/h2-4,6H,5,16H2,1H3,(H,18,20). The molecule has 0 aliphatic rings. The van der Waals surface area contributed by atoms with Crippen molar-refractivity contribution in [2.24, 2.45) is 0 Å². The fourth-order valence-corrected chi connectivity index (χ4v) is 2.14. The summed E-state index contributed by atoms with van der Waals surface area (Å²) in [6.45, 7) is 1.53. The zero-order valence-corrected chi connectivity index (χ0v) is 13.4. The Hall–Kier alpha value is -1.86. The lowest BCUT2D eigenvalue weighted by molar-refractivity contribution is -0.116. The van der Waals surface area contributed by atoms with Crippen molar-refractivity contribution in [3.05, 3.63) is 50.1 Å². The van der Waals surface area contributed by atoms with Crippen molar-refractivity contribution in [1.29, 1.82) is 0 Å². The first-order valence-electron chi connectivity index (χ1n) is 5.95. The molecule has 0 unspecified atom stereocenters. The Labute approximate surface area is 134 Å². The van der Waals surface area contributed by atoms with E-state index in [0.29, 0.717) is 26.6 Å². The number of nitrogen functional groups attached to an aromatic ring is 1. The van der Waals surface area contributed by atoms with Gasteiger partial charge in [0.05, 0.1) is 23.4 Å². The molecule has 6 nitrogen and oxygen atoms in total. The molecule has 0 aliphatic heterocycles. The van der Waals surface area contributed by atoms with Gasteiger partial charge in [-0.15, -0.1) is 0 Å². The van der Waals surface area contributed by atoms with E-state index in [4.69, 9.17) is 17.3 Å². The quantitative estimate of drug-likeness (QED) is 0.809. The molecular weight excluding hydrogens is 360 g/mol. The maximum atomic E-state index is 12.0. The summed E-state index contributed by atoms with van der Waals surface area (Å²) in [5.41, 5.74) is 6.78. The highest BCUT2D eigenvalue weighted by molar-refractivity contribution is 9.10. The zero-order chi connectivity index (χ0) is 15.6. The van der Waals surface area contributed by atoms with Gasteiger partial charge in [-0.3, -0.25) is 14.2 Å². The number of aromatic nitrogens is 2. The van der Waals surface area contributed by atoms with Crippen LogP contribution in [-0.2, 0) is 11.3 Å². The van der Waals surface area contributed by atoms with E-state index < -0.39 is 5.91 Å². The molecular formula is C13H12BrClN4O2. The van der Waals surface area contributed by atoms with Crippen molar-refractivity contribution >= 4 is 44.8 Å². The highest BCUT2D eigenvalue weighted by Crippen LogP contribution is 2.22. The molecule has 0 spiro atoms. The van der Waals surface area contributed by atoms with E-state index in [1.165, 1.54) is 10.9 Å². The van der Waals surface area contributed by atoms with Gasteiger partial charge in [-0.05, 0) is 41.1 Å². The lowest BCUT2D eigenvalue weighted by atomic mass is 10.2. The first kappa shape index (κ1) is 15.5. The lowest BCUT2D eigenvalue weighted by Gasteiger charge is -2.10. The summed E-state index contributed by atoms with van der Waals surface area (Å²) in [5, 5.41) is 3.06. The Kier molecular flexibility index (Phi) is 4.64. The average molecular weight is 372 g/mol. The van der Waals surface area contributed by atoms with Crippen LogP contribution in [0.15, 0.2) is 33.8 Å². The van der Waals surface area contributed by atoms with Gasteiger partial charge < -0.3 is 11.1 Å². The molecule has 110 valence electrons. The number of anilines is 2. The van der Waals surface area contributed by atoms with Crippen LogP contribution in [-0.4, -0.2) is 15.5 Å². The van der Waals surface area contributed by atoms with E-state index in [-0.39, 0.29) is 12.1 Å². The van der Waals surface area contributed by atoms with Gasteiger partial charge in [0.25, 0.3) is 5.56 Å². The van der Waals surface area contributed by atoms with Crippen LogP contribution in [0.3, 0.4) is 0 Å². The van der Waals surface area contributed by atoms with Gasteiger partial charge in [0, 0.05) is 5.02 Å². The van der Waals surface area contributed by atoms with E-state index in [1.54, 1.807) is 25.1 Å². The molecule has 3 N–H and O–H groups in total. The SMILES string of the molecule is Cc1ncn(CC(=O)Nc2cc(Cl)ccc2N)c(=O)c1Br. The third-order valence-electron chi connectivity index (χ3n) is 2.76. The van der Waals surface area contributed by atoms with E-state index in [1.807, 2.05) is 0 Å². The van der Waals surface area contributed by atoms with Crippen molar-refractivity contribution in [2.45, 2.75) is 13.5 Å². The van der Waals surface area contributed by atoms with Crippen LogP contribution in [0.2, 0.25) is 5.02 Å². The van der Waals surface area contributed by atoms with Crippen LogP contribution in [0, 0.1) is 6.92 Å². The molecule has 21 heavy (non-hydrogen) atoms. The highest BCUT2D eigenvalue weighted by Gasteiger charge is 2.10. The Morgan fingerprint density at radius 3 is 2.95 bits per heavy atom. The molecule has 0 bridgehead atoms. The van der Waals surface area contributed by atoms with Crippen molar-refractivity contribution < 1.29 is 4.79 Å². The van der Waals surface area contributed by atoms with Gasteiger partial charge in [-0.2, -0.15) is 0 Å². The molecule has 0 saturated carbocycles. The fourth-order valence-electron chi connectivity index (χ4n) is 1.64. The van der Waals surface area contributed by atoms with E-state index in [2.05, 4.69) is 26.2 Å². The molecule has 0 atom stereocenters. The molecule has 1 heterocycles. The summed E-state index contributed by atoms with van der Waals surface area (Å²) in [6.07, 6.45) is 1.32. The lowest BCUT2D eigenvalue weighted by Crippen LogP contribution is -2.29. The molecule has 2 aromatic rings. The van der Waals surface area contributed by atoms with Gasteiger partial charge in [0.1, 0.15) is 11.0 Å². The second-order valence-corrected chi connectivity index (χ2v) is 5.59. The number of halogens is 2. The van der Waals surface area contributed by atoms with Gasteiger partial charge in [0.15, 0.2) is 0 Å². The van der Waals surface area contributed by atoms with E-state index >= 15 is 0 Å². The second kappa shape index (κ2) is 6.28. The third-order valence-corrected chi connectivity index (χ3v) is 3.91. The molecule has 8 heteroatoms. The Balaban J connectivity index is 2.18. The number of aryl methyl sites for hydroxylation is 1. The maximum Gasteiger partial charge on any atom is 0.268 e. The number of hydrogen-bond donors (Lipinski definition) is 2. The number of carbonyl (C=O) groups is 1. The average Bonchev–Trinajstić information content (AvgIpc) is 2.43. The topological polar surface area (TPSA) is 90.0 Å². The predicted molar refractivity (Wildman–Crippen MR) is 85.4 cm³/mol. The summed E-state index contributed by atoms with van der Waals surface area (Å²) >= 11 is 8.99. The van der Waals surface area contributed by atoms with Crippen molar-refractivity contribution in [3.63, 3.8) is 0 Å². The van der Waals surface area contributed by atoms with Crippen LogP contribution in [0.1, 0.15) is 5.69 Å². The minimum Gasteiger partial charge on any atom is -0.397 e. The zero-order valence-electron chi connectivity index (χ0n) is 11.1. The summed E-state index contributed by atoms with van der Waals surface area (Å²) in [5.74, 6) is -0.399. The Morgan fingerprint density at radius 2 is 2.24 bits per heavy atom. The molecule has 1 aromatic heterocycles. The van der Waals surface area contributed by atoms with Crippen LogP contribution < -0.4 is 16.6 Å². The molecule has 1 aromatic carbocycles. The summed E-state index contributed by atoms with van der Waals surface area (Å²) in [4.78, 5) is 28.0. The van der Waals surface area contributed by atoms with Crippen LogP contribution >= 0.6 is 27.5 Å². The van der Waals surface area contributed by atoms with Gasteiger partial charge >= 0.3 is 0 Å². The molecule has 0 aliphatic carbocycles. The van der Waals surface area contributed by atoms with Crippen LogP contribution in [0.25, 0.3) is 0 Å². The molecule has 1 amide bonds. The number of carbonyl (C=O) groups excluding carboxylic acids is 1. The number of benzene rings is 1. The first-order valence-corrected chi connectivity index (χ1v) is 7.12.